The normalized spacial score (nSPS) is 10.2. The summed E-state index contributed by atoms with van der Waals surface area (Å²) in [6, 6.07) is 7.21. The number of hydrogen-bond donors (Lipinski definition) is 1. The van der Waals surface area contributed by atoms with Gasteiger partial charge >= 0.3 is 5.97 Å². The molecule has 3 nitrogen and oxygen atoms in total. The lowest BCUT2D eigenvalue weighted by Gasteiger charge is -2.02. The third-order valence-corrected chi connectivity index (χ3v) is 3.46. The van der Waals surface area contributed by atoms with Gasteiger partial charge in [0.25, 0.3) is 0 Å². The van der Waals surface area contributed by atoms with Crippen molar-refractivity contribution in [3.63, 3.8) is 0 Å². The van der Waals surface area contributed by atoms with Gasteiger partial charge in [-0.15, -0.1) is 11.8 Å². The number of unbranched alkanes of at least 4 members (excludes halogenated alkanes) is 2. The summed E-state index contributed by atoms with van der Waals surface area (Å²) in [6.45, 7) is 0. The van der Waals surface area contributed by atoms with Crippen LogP contribution in [0.4, 0.5) is 0 Å². The summed E-state index contributed by atoms with van der Waals surface area (Å²) in [5, 5.41) is 9.12. The van der Waals surface area contributed by atoms with Gasteiger partial charge in [0, 0.05) is 11.3 Å². The SMILES string of the molecule is COC(=O)CCCCCSc1ccc(O)cc1. The van der Waals surface area contributed by atoms with E-state index in [4.69, 9.17) is 5.11 Å². The standard InChI is InChI=1S/C13H18O3S/c1-16-13(15)5-3-2-4-10-17-12-8-6-11(14)7-9-12/h6-9,14H,2-5,10H2,1H3. The number of carbonyl (C=O) groups excluding carboxylic acids is 1. The van der Waals surface area contributed by atoms with Crippen LogP contribution < -0.4 is 0 Å². The van der Waals surface area contributed by atoms with Crippen molar-refractivity contribution in [2.75, 3.05) is 12.9 Å². The first-order valence-electron chi connectivity index (χ1n) is 5.71. The zero-order valence-electron chi connectivity index (χ0n) is 10.0. The number of benzene rings is 1. The van der Waals surface area contributed by atoms with E-state index in [1.807, 2.05) is 12.1 Å². The highest BCUT2D eigenvalue weighted by Crippen LogP contribution is 2.22. The van der Waals surface area contributed by atoms with Crippen molar-refractivity contribution in [1.82, 2.24) is 0 Å². The smallest absolute Gasteiger partial charge is 0.305 e. The minimum Gasteiger partial charge on any atom is -0.508 e. The van der Waals surface area contributed by atoms with Crippen LogP contribution in [0.2, 0.25) is 0 Å². The third-order valence-electron chi connectivity index (χ3n) is 2.36. The maximum Gasteiger partial charge on any atom is 0.305 e. The van der Waals surface area contributed by atoms with E-state index in [0.29, 0.717) is 12.2 Å². The molecule has 94 valence electrons. The summed E-state index contributed by atoms with van der Waals surface area (Å²) in [7, 11) is 1.42. The monoisotopic (exact) mass is 254 g/mol. The summed E-state index contributed by atoms with van der Waals surface area (Å²) in [5.41, 5.74) is 0. The Bertz CT molecular complexity index is 335. The Balaban J connectivity index is 2.04. The van der Waals surface area contributed by atoms with E-state index < -0.39 is 0 Å². The van der Waals surface area contributed by atoms with Gasteiger partial charge in [-0.05, 0) is 42.9 Å². The first-order valence-corrected chi connectivity index (χ1v) is 6.69. The van der Waals surface area contributed by atoms with Gasteiger partial charge < -0.3 is 9.84 Å². The van der Waals surface area contributed by atoms with Crippen molar-refractivity contribution >= 4 is 17.7 Å². The number of thioether (sulfide) groups is 1. The van der Waals surface area contributed by atoms with Crippen molar-refractivity contribution < 1.29 is 14.6 Å². The van der Waals surface area contributed by atoms with Crippen LogP contribution in [0, 0.1) is 0 Å². The molecular formula is C13H18O3S. The molecule has 0 radical (unpaired) electrons. The van der Waals surface area contributed by atoms with Crippen LogP contribution in [-0.4, -0.2) is 23.9 Å². The Kier molecular flexibility index (Phi) is 6.55. The van der Waals surface area contributed by atoms with Gasteiger partial charge in [-0.2, -0.15) is 0 Å². The van der Waals surface area contributed by atoms with Crippen LogP contribution in [0.15, 0.2) is 29.2 Å². The highest BCUT2D eigenvalue weighted by atomic mass is 32.2. The molecule has 0 aliphatic carbocycles. The quantitative estimate of drug-likeness (QED) is 0.461. The molecule has 17 heavy (non-hydrogen) atoms. The van der Waals surface area contributed by atoms with E-state index >= 15 is 0 Å². The van der Waals surface area contributed by atoms with Crippen molar-refractivity contribution in [1.29, 1.82) is 0 Å². The summed E-state index contributed by atoms with van der Waals surface area (Å²) in [5.74, 6) is 1.20. The van der Waals surface area contributed by atoms with Gasteiger partial charge in [0.15, 0.2) is 0 Å². The second-order valence-corrected chi connectivity index (χ2v) is 4.90. The fourth-order valence-corrected chi connectivity index (χ4v) is 2.30. The fraction of sp³-hybridized carbons (Fsp3) is 0.462. The van der Waals surface area contributed by atoms with E-state index in [0.717, 1.165) is 29.9 Å². The van der Waals surface area contributed by atoms with E-state index in [2.05, 4.69) is 4.74 Å². The van der Waals surface area contributed by atoms with E-state index in [9.17, 15) is 4.79 Å². The molecule has 4 heteroatoms. The lowest BCUT2D eigenvalue weighted by atomic mass is 10.2. The van der Waals surface area contributed by atoms with E-state index in [1.54, 1.807) is 23.9 Å². The molecule has 0 bridgehead atoms. The van der Waals surface area contributed by atoms with Crippen LogP contribution in [0.25, 0.3) is 0 Å². The van der Waals surface area contributed by atoms with Crippen LogP contribution in [-0.2, 0) is 9.53 Å². The molecule has 1 N–H and O–H groups in total. The molecule has 0 aromatic heterocycles. The molecule has 1 aromatic rings. The van der Waals surface area contributed by atoms with Crippen molar-refractivity contribution in [2.24, 2.45) is 0 Å². The van der Waals surface area contributed by atoms with Crippen LogP contribution in [0.3, 0.4) is 0 Å². The predicted octanol–water partition coefficient (Wildman–Crippen LogP) is 3.22. The van der Waals surface area contributed by atoms with E-state index in [-0.39, 0.29) is 5.97 Å². The second kappa shape index (κ2) is 8.01. The Morgan fingerprint density at radius 2 is 1.94 bits per heavy atom. The average molecular weight is 254 g/mol. The van der Waals surface area contributed by atoms with Crippen LogP contribution in [0.1, 0.15) is 25.7 Å². The Hall–Kier alpha value is -1.16. The number of aromatic hydroxyl groups is 1. The average Bonchev–Trinajstić information content (AvgIpc) is 2.35. The zero-order valence-corrected chi connectivity index (χ0v) is 10.8. The third kappa shape index (κ3) is 6.22. The summed E-state index contributed by atoms with van der Waals surface area (Å²) in [6.07, 6.45) is 3.53. The van der Waals surface area contributed by atoms with Crippen LogP contribution in [0.5, 0.6) is 5.75 Å². The largest absolute Gasteiger partial charge is 0.508 e. The topological polar surface area (TPSA) is 46.5 Å². The number of methoxy groups -OCH3 is 1. The lowest BCUT2D eigenvalue weighted by Crippen LogP contribution is -1.99. The minimum absolute atomic E-state index is 0.129. The van der Waals surface area contributed by atoms with Crippen molar-refractivity contribution in [3.8, 4) is 5.75 Å². The maximum atomic E-state index is 10.8. The van der Waals surface area contributed by atoms with Crippen molar-refractivity contribution in [2.45, 2.75) is 30.6 Å². The number of rotatable bonds is 7. The number of ether oxygens (including phenoxy) is 1. The highest BCUT2D eigenvalue weighted by molar-refractivity contribution is 7.99. The molecule has 0 amide bonds. The van der Waals surface area contributed by atoms with Gasteiger partial charge in [0.1, 0.15) is 5.75 Å². The van der Waals surface area contributed by atoms with Crippen molar-refractivity contribution in [3.05, 3.63) is 24.3 Å². The molecule has 0 heterocycles. The van der Waals surface area contributed by atoms with Gasteiger partial charge in [-0.3, -0.25) is 4.79 Å². The number of carbonyl (C=O) groups is 1. The second-order valence-electron chi connectivity index (χ2n) is 3.73. The molecule has 0 unspecified atom stereocenters. The predicted molar refractivity (Wildman–Crippen MR) is 69.3 cm³/mol. The lowest BCUT2D eigenvalue weighted by molar-refractivity contribution is -0.140. The summed E-state index contributed by atoms with van der Waals surface area (Å²) < 4.78 is 4.57. The number of phenolic OH excluding ortho intramolecular Hbond substituents is 1. The first-order chi connectivity index (χ1) is 8.22. The molecule has 0 saturated heterocycles. The van der Waals surface area contributed by atoms with Gasteiger partial charge in [-0.1, -0.05) is 6.42 Å². The first kappa shape index (κ1) is 13.9. The van der Waals surface area contributed by atoms with E-state index in [1.165, 1.54) is 7.11 Å². The minimum atomic E-state index is -0.129. The van der Waals surface area contributed by atoms with Crippen LogP contribution >= 0.6 is 11.8 Å². The molecule has 0 fully saturated rings. The molecule has 0 spiro atoms. The molecule has 1 rings (SSSR count). The number of phenols is 1. The summed E-state index contributed by atoms with van der Waals surface area (Å²) >= 11 is 1.77. The van der Waals surface area contributed by atoms with Gasteiger partial charge in [-0.25, -0.2) is 0 Å². The van der Waals surface area contributed by atoms with Gasteiger partial charge in [0.2, 0.25) is 0 Å². The molecule has 0 aliphatic heterocycles. The molecule has 0 aliphatic rings. The zero-order chi connectivity index (χ0) is 12.5. The Labute approximate surface area is 106 Å². The molecular weight excluding hydrogens is 236 g/mol. The Morgan fingerprint density at radius 1 is 1.24 bits per heavy atom. The van der Waals surface area contributed by atoms with Gasteiger partial charge in [0.05, 0.1) is 7.11 Å². The molecule has 1 aromatic carbocycles. The Morgan fingerprint density at radius 3 is 2.59 bits per heavy atom. The number of hydrogen-bond acceptors (Lipinski definition) is 4. The highest BCUT2D eigenvalue weighted by Gasteiger charge is 1.99. The maximum absolute atomic E-state index is 10.8. The fourth-order valence-electron chi connectivity index (χ4n) is 1.38. The number of esters is 1. The molecule has 0 saturated carbocycles. The summed E-state index contributed by atoms with van der Waals surface area (Å²) in [4.78, 5) is 12.0. The molecule has 0 atom stereocenters.